The molecule has 1 aromatic rings. The highest BCUT2D eigenvalue weighted by atomic mass is 35.5. The Bertz CT molecular complexity index is 476. The predicted octanol–water partition coefficient (Wildman–Crippen LogP) is 1.82. The van der Waals surface area contributed by atoms with E-state index in [1.54, 1.807) is 24.3 Å². The van der Waals surface area contributed by atoms with E-state index in [1.807, 2.05) is 0 Å². The molecule has 3 N–H and O–H groups in total. The SMILES string of the molecule is Cl.O=C(CNCC1CC1)NCC(=O)Nc1ccc(Cl)cc1. The maximum absolute atomic E-state index is 11.6. The van der Waals surface area contributed by atoms with Crippen LogP contribution in [0.3, 0.4) is 0 Å². The molecule has 0 heterocycles. The molecule has 1 aliphatic rings. The zero-order valence-corrected chi connectivity index (χ0v) is 13.1. The van der Waals surface area contributed by atoms with E-state index in [0.29, 0.717) is 10.7 Å². The molecule has 1 aliphatic carbocycles. The molecule has 0 radical (unpaired) electrons. The Kier molecular flexibility index (Phi) is 7.50. The van der Waals surface area contributed by atoms with E-state index in [1.165, 1.54) is 12.8 Å². The second kappa shape index (κ2) is 8.87. The molecule has 1 saturated carbocycles. The van der Waals surface area contributed by atoms with Crippen molar-refractivity contribution in [2.24, 2.45) is 5.92 Å². The lowest BCUT2D eigenvalue weighted by Gasteiger charge is -2.07. The second-order valence-corrected chi connectivity index (χ2v) is 5.34. The lowest BCUT2D eigenvalue weighted by atomic mass is 10.3. The summed E-state index contributed by atoms with van der Waals surface area (Å²) < 4.78 is 0. The first kappa shape index (κ1) is 17.8. The van der Waals surface area contributed by atoms with Gasteiger partial charge < -0.3 is 16.0 Å². The molecule has 0 bridgehead atoms. The van der Waals surface area contributed by atoms with Gasteiger partial charge in [0.05, 0.1) is 13.1 Å². The Morgan fingerprint density at radius 3 is 2.38 bits per heavy atom. The van der Waals surface area contributed by atoms with E-state index in [2.05, 4.69) is 16.0 Å². The van der Waals surface area contributed by atoms with Crippen LogP contribution in [0.15, 0.2) is 24.3 Å². The number of carbonyl (C=O) groups is 2. The van der Waals surface area contributed by atoms with Gasteiger partial charge in [0.1, 0.15) is 0 Å². The first-order chi connectivity index (χ1) is 9.63. The molecule has 0 atom stereocenters. The number of carbonyl (C=O) groups excluding carboxylic acids is 2. The van der Waals surface area contributed by atoms with Crippen molar-refractivity contribution >= 4 is 41.5 Å². The predicted molar refractivity (Wildman–Crippen MR) is 85.9 cm³/mol. The molecule has 7 heteroatoms. The molecule has 2 amide bonds. The smallest absolute Gasteiger partial charge is 0.243 e. The van der Waals surface area contributed by atoms with Crippen LogP contribution in [0.4, 0.5) is 5.69 Å². The fourth-order valence-electron chi connectivity index (χ4n) is 1.69. The molecular weight excluding hydrogens is 313 g/mol. The third kappa shape index (κ3) is 7.32. The first-order valence-electron chi connectivity index (χ1n) is 6.66. The van der Waals surface area contributed by atoms with Crippen LogP contribution in [-0.2, 0) is 9.59 Å². The van der Waals surface area contributed by atoms with E-state index >= 15 is 0 Å². The molecular formula is C14H19Cl2N3O2. The summed E-state index contributed by atoms with van der Waals surface area (Å²) >= 11 is 5.75. The van der Waals surface area contributed by atoms with Crippen molar-refractivity contribution in [3.63, 3.8) is 0 Å². The number of amides is 2. The molecule has 0 spiro atoms. The molecule has 2 rings (SSSR count). The highest BCUT2D eigenvalue weighted by molar-refractivity contribution is 6.30. The van der Waals surface area contributed by atoms with Gasteiger partial charge in [-0.3, -0.25) is 9.59 Å². The Morgan fingerprint density at radius 1 is 1.10 bits per heavy atom. The van der Waals surface area contributed by atoms with Crippen molar-refractivity contribution in [3.05, 3.63) is 29.3 Å². The van der Waals surface area contributed by atoms with Gasteiger partial charge in [-0.2, -0.15) is 0 Å². The van der Waals surface area contributed by atoms with Gasteiger partial charge in [-0.1, -0.05) is 11.6 Å². The van der Waals surface area contributed by atoms with Crippen molar-refractivity contribution < 1.29 is 9.59 Å². The van der Waals surface area contributed by atoms with Gasteiger partial charge in [0.15, 0.2) is 0 Å². The summed E-state index contributed by atoms with van der Waals surface area (Å²) in [4.78, 5) is 23.1. The molecule has 1 fully saturated rings. The maximum atomic E-state index is 11.6. The monoisotopic (exact) mass is 331 g/mol. The molecule has 0 aromatic heterocycles. The van der Waals surface area contributed by atoms with Crippen LogP contribution in [0.2, 0.25) is 5.02 Å². The maximum Gasteiger partial charge on any atom is 0.243 e. The number of benzene rings is 1. The Morgan fingerprint density at radius 2 is 1.76 bits per heavy atom. The van der Waals surface area contributed by atoms with E-state index in [9.17, 15) is 9.59 Å². The third-order valence-electron chi connectivity index (χ3n) is 2.99. The summed E-state index contributed by atoms with van der Waals surface area (Å²) in [6, 6.07) is 6.80. The number of hydrogen-bond donors (Lipinski definition) is 3. The van der Waals surface area contributed by atoms with E-state index in [4.69, 9.17) is 11.6 Å². The Hall–Kier alpha value is -1.30. The molecule has 21 heavy (non-hydrogen) atoms. The van der Waals surface area contributed by atoms with Crippen LogP contribution in [0.25, 0.3) is 0 Å². The molecule has 5 nitrogen and oxygen atoms in total. The Labute approximate surface area is 135 Å². The van der Waals surface area contributed by atoms with Gasteiger partial charge in [0.25, 0.3) is 0 Å². The molecule has 0 aliphatic heterocycles. The summed E-state index contributed by atoms with van der Waals surface area (Å²) in [6.45, 7) is 1.10. The quantitative estimate of drug-likeness (QED) is 0.713. The average molecular weight is 332 g/mol. The lowest BCUT2D eigenvalue weighted by molar-refractivity contribution is -0.123. The van der Waals surface area contributed by atoms with Crippen LogP contribution < -0.4 is 16.0 Å². The highest BCUT2D eigenvalue weighted by Gasteiger charge is 2.20. The third-order valence-corrected chi connectivity index (χ3v) is 3.24. The van der Waals surface area contributed by atoms with Crippen molar-refractivity contribution in [2.75, 3.05) is 25.0 Å². The largest absolute Gasteiger partial charge is 0.346 e. The first-order valence-corrected chi connectivity index (χ1v) is 7.04. The van der Waals surface area contributed by atoms with Gasteiger partial charge in [0.2, 0.25) is 11.8 Å². The minimum atomic E-state index is -0.261. The van der Waals surface area contributed by atoms with Crippen LogP contribution >= 0.6 is 24.0 Å². The van der Waals surface area contributed by atoms with Crippen molar-refractivity contribution in [1.29, 1.82) is 0 Å². The minimum Gasteiger partial charge on any atom is -0.346 e. The zero-order valence-electron chi connectivity index (χ0n) is 11.5. The van der Waals surface area contributed by atoms with E-state index < -0.39 is 0 Å². The topological polar surface area (TPSA) is 70.2 Å². The van der Waals surface area contributed by atoms with Crippen LogP contribution in [0.5, 0.6) is 0 Å². The van der Waals surface area contributed by atoms with Crippen molar-refractivity contribution in [2.45, 2.75) is 12.8 Å². The van der Waals surface area contributed by atoms with Gasteiger partial charge in [-0.25, -0.2) is 0 Å². The Balaban J connectivity index is 0.00000220. The van der Waals surface area contributed by atoms with E-state index in [0.717, 1.165) is 12.5 Å². The summed E-state index contributed by atoms with van der Waals surface area (Å²) in [5, 5.41) is 8.92. The fraction of sp³-hybridized carbons (Fsp3) is 0.429. The lowest BCUT2D eigenvalue weighted by Crippen LogP contribution is -2.38. The number of hydrogen-bond acceptors (Lipinski definition) is 3. The molecule has 116 valence electrons. The number of nitrogens with one attached hydrogen (secondary N) is 3. The summed E-state index contributed by atoms with van der Waals surface area (Å²) in [5.74, 6) is 0.302. The van der Waals surface area contributed by atoms with Crippen LogP contribution in [0, 0.1) is 5.92 Å². The van der Waals surface area contributed by atoms with Gasteiger partial charge >= 0.3 is 0 Å². The molecule has 1 aromatic carbocycles. The van der Waals surface area contributed by atoms with Crippen LogP contribution in [0.1, 0.15) is 12.8 Å². The average Bonchev–Trinajstić information content (AvgIpc) is 3.23. The summed E-state index contributed by atoms with van der Waals surface area (Å²) in [7, 11) is 0. The summed E-state index contributed by atoms with van der Waals surface area (Å²) in [5.41, 5.74) is 0.653. The molecule has 0 unspecified atom stereocenters. The van der Waals surface area contributed by atoms with E-state index in [-0.39, 0.29) is 37.3 Å². The normalized spacial score (nSPS) is 13.2. The highest BCUT2D eigenvalue weighted by Crippen LogP contribution is 2.27. The second-order valence-electron chi connectivity index (χ2n) is 4.91. The summed E-state index contributed by atoms with van der Waals surface area (Å²) in [6.07, 6.45) is 2.50. The van der Waals surface area contributed by atoms with Gasteiger partial charge in [0, 0.05) is 10.7 Å². The standard InChI is InChI=1S/C14H18ClN3O2.ClH/c15-11-3-5-12(6-4-11)18-14(20)9-17-13(19)8-16-7-10-1-2-10;/h3-6,10,16H,1-2,7-9H2,(H,17,19)(H,18,20);1H. The minimum absolute atomic E-state index is 0. The van der Waals surface area contributed by atoms with Crippen molar-refractivity contribution in [1.82, 2.24) is 10.6 Å². The molecule has 0 saturated heterocycles. The zero-order chi connectivity index (χ0) is 14.4. The van der Waals surface area contributed by atoms with Crippen molar-refractivity contribution in [3.8, 4) is 0 Å². The number of rotatable bonds is 7. The van der Waals surface area contributed by atoms with Gasteiger partial charge in [-0.15, -0.1) is 12.4 Å². The fourth-order valence-corrected chi connectivity index (χ4v) is 1.82. The number of halogens is 2. The van der Waals surface area contributed by atoms with Gasteiger partial charge in [-0.05, 0) is 49.6 Å². The van der Waals surface area contributed by atoms with Crippen LogP contribution in [-0.4, -0.2) is 31.4 Å². The number of anilines is 1.